The number of rotatable bonds is 3. The minimum atomic E-state index is -4.67. The third kappa shape index (κ3) is 3.23. The molecule has 9 heteroatoms. The molecule has 0 unspecified atom stereocenters. The Hall–Kier alpha value is -2.32. The van der Waals surface area contributed by atoms with E-state index in [2.05, 4.69) is 10.2 Å². The van der Waals surface area contributed by atoms with Crippen molar-refractivity contribution in [3.63, 3.8) is 0 Å². The minimum Gasteiger partial charge on any atom is -0.337 e. The topological polar surface area (TPSA) is 56.0 Å². The molecule has 0 saturated heterocycles. The lowest BCUT2D eigenvalue weighted by Gasteiger charge is -2.16. The van der Waals surface area contributed by atoms with E-state index in [9.17, 15) is 18.0 Å². The number of hydrogen-bond acceptors (Lipinski definition) is 3. The number of carbonyl (C=O) groups excluding carboxylic acids is 1. The molecule has 0 aliphatic heterocycles. The molecule has 1 amide bonds. The lowest BCUT2D eigenvalue weighted by Crippen LogP contribution is -2.27. The van der Waals surface area contributed by atoms with Crippen LogP contribution in [0.5, 0.6) is 0 Å². The summed E-state index contributed by atoms with van der Waals surface area (Å²) in [6.45, 7) is 0.166. The molecule has 2 aromatic heterocycles. The smallest absolute Gasteiger partial charge is 0.337 e. The second-order valence-corrected chi connectivity index (χ2v) is 4.75. The fraction of sp³-hybridized carbons (Fsp3) is 0.417. The zero-order chi connectivity index (χ0) is 15.8. The van der Waals surface area contributed by atoms with Crippen molar-refractivity contribution in [2.45, 2.75) is 12.7 Å². The maximum Gasteiger partial charge on any atom is 0.435 e. The molecule has 21 heavy (non-hydrogen) atoms. The van der Waals surface area contributed by atoms with E-state index in [1.54, 1.807) is 24.1 Å². The van der Waals surface area contributed by atoms with Crippen LogP contribution in [0.2, 0.25) is 0 Å². The molecule has 0 fully saturated rings. The van der Waals surface area contributed by atoms with Crippen molar-refractivity contribution >= 4 is 5.91 Å². The van der Waals surface area contributed by atoms with Gasteiger partial charge < -0.3 is 4.90 Å². The molecule has 114 valence electrons. The number of aryl methyl sites for hydroxylation is 2. The molecule has 0 aliphatic carbocycles. The predicted molar refractivity (Wildman–Crippen MR) is 67.2 cm³/mol. The summed E-state index contributed by atoms with van der Waals surface area (Å²) in [6.07, 6.45) is -0.346. The van der Waals surface area contributed by atoms with Gasteiger partial charge in [0.1, 0.15) is 0 Å². The molecule has 0 radical (unpaired) electrons. The molecule has 6 nitrogen and oxygen atoms in total. The van der Waals surface area contributed by atoms with Gasteiger partial charge in [0, 0.05) is 45.6 Å². The second-order valence-electron chi connectivity index (χ2n) is 4.75. The minimum absolute atomic E-state index is 0.166. The molecule has 0 bridgehead atoms. The lowest BCUT2D eigenvalue weighted by molar-refractivity contribution is -0.141. The first-order valence-electron chi connectivity index (χ1n) is 6.02. The standard InChI is InChI=1S/C12H14F3N5O/c1-18(5-8-4-16-19(2)6-8)11(21)9-7-20(3)17-10(9)12(13,14)15/h4,6-7H,5H2,1-3H3. The molecule has 2 aromatic rings. The van der Waals surface area contributed by atoms with Crippen molar-refractivity contribution in [2.24, 2.45) is 14.1 Å². The number of halogens is 3. The Balaban J connectivity index is 2.23. The third-order valence-electron chi connectivity index (χ3n) is 2.85. The Labute approximate surface area is 118 Å². The summed E-state index contributed by atoms with van der Waals surface area (Å²) < 4.78 is 41.1. The summed E-state index contributed by atoms with van der Waals surface area (Å²) in [5.74, 6) is -0.737. The number of nitrogens with zero attached hydrogens (tertiary/aromatic N) is 5. The van der Waals surface area contributed by atoms with Gasteiger partial charge >= 0.3 is 6.18 Å². The highest BCUT2D eigenvalue weighted by molar-refractivity contribution is 5.95. The van der Waals surface area contributed by atoms with Crippen molar-refractivity contribution in [3.8, 4) is 0 Å². The summed E-state index contributed by atoms with van der Waals surface area (Å²) in [5.41, 5.74) is -0.907. The first kappa shape index (κ1) is 15.1. The van der Waals surface area contributed by atoms with Gasteiger partial charge in [-0.3, -0.25) is 14.2 Å². The maximum atomic E-state index is 12.9. The van der Waals surface area contributed by atoms with Gasteiger partial charge in [0.05, 0.1) is 11.8 Å². The first-order valence-corrected chi connectivity index (χ1v) is 6.02. The van der Waals surface area contributed by atoms with E-state index in [0.29, 0.717) is 0 Å². The highest BCUT2D eigenvalue weighted by atomic mass is 19.4. The van der Waals surface area contributed by atoms with Gasteiger partial charge in [0.25, 0.3) is 5.91 Å². The molecule has 0 atom stereocenters. The van der Waals surface area contributed by atoms with Gasteiger partial charge in [-0.05, 0) is 0 Å². The highest BCUT2D eigenvalue weighted by Gasteiger charge is 2.39. The number of hydrogen-bond donors (Lipinski definition) is 0. The van der Waals surface area contributed by atoms with Gasteiger partial charge in [-0.2, -0.15) is 23.4 Å². The van der Waals surface area contributed by atoms with E-state index in [1.807, 2.05) is 0 Å². The zero-order valence-electron chi connectivity index (χ0n) is 11.7. The number of aromatic nitrogens is 4. The summed E-state index contributed by atoms with van der Waals surface area (Å²) in [6, 6.07) is 0. The average molecular weight is 301 g/mol. The van der Waals surface area contributed by atoms with E-state index in [0.717, 1.165) is 16.4 Å². The fourth-order valence-corrected chi connectivity index (χ4v) is 1.96. The van der Waals surface area contributed by atoms with Crippen molar-refractivity contribution < 1.29 is 18.0 Å². The second kappa shape index (κ2) is 5.23. The van der Waals surface area contributed by atoms with Crippen molar-refractivity contribution in [1.82, 2.24) is 24.5 Å². The Morgan fingerprint density at radius 1 is 1.29 bits per heavy atom. The lowest BCUT2D eigenvalue weighted by atomic mass is 10.2. The van der Waals surface area contributed by atoms with E-state index >= 15 is 0 Å². The van der Waals surface area contributed by atoms with Crippen LogP contribution >= 0.6 is 0 Å². The van der Waals surface area contributed by atoms with Crippen molar-refractivity contribution in [1.29, 1.82) is 0 Å². The monoisotopic (exact) mass is 301 g/mol. The predicted octanol–water partition coefficient (Wildman–Crippen LogP) is 1.44. The number of alkyl halides is 3. The van der Waals surface area contributed by atoms with Gasteiger partial charge in [0.2, 0.25) is 0 Å². The SMILES string of the molecule is CN(Cc1cnn(C)c1)C(=O)c1cn(C)nc1C(F)(F)F. The highest BCUT2D eigenvalue weighted by Crippen LogP contribution is 2.31. The van der Waals surface area contributed by atoms with Crippen LogP contribution in [0.3, 0.4) is 0 Å². The largest absolute Gasteiger partial charge is 0.435 e. The van der Waals surface area contributed by atoms with Crippen molar-refractivity contribution in [3.05, 3.63) is 35.4 Å². The summed E-state index contributed by atoms with van der Waals surface area (Å²) in [4.78, 5) is 13.4. The molecule has 0 spiro atoms. The van der Waals surface area contributed by atoms with E-state index in [1.165, 1.54) is 19.0 Å². The maximum absolute atomic E-state index is 12.9. The van der Waals surface area contributed by atoms with Gasteiger partial charge in [0.15, 0.2) is 5.69 Å². The quantitative estimate of drug-likeness (QED) is 0.862. The molecule has 2 rings (SSSR count). The summed E-state index contributed by atoms with van der Waals surface area (Å²) in [7, 11) is 4.49. The first-order chi connectivity index (χ1) is 9.68. The van der Waals surface area contributed by atoms with Crippen LogP contribution in [-0.4, -0.2) is 37.4 Å². The van der Waals surface area contributed by atoms with E-state index in [4.69, 9.17) is 0 Å². The molecule has 2 heterocycles. The number of amides is 1. The normalized spacial score (nSPS) is 11.7. The average Bonchev–Trinajstić information content (AvgIpc) is 2.94. The Kier molecular flexibility index (Phi) is 3.75. The van der Waals surface area contributed by atoms with Gasteiger partial charge in [-0.1, -0.05) is 0 Å². The number of carbonyl (C=O) groups is 1. The van der Waals surface area contributed by atoms with E-state index < -0.39 is 23.3 Å². The summed E-state index contributed by atoms with van der Waals surface area (Å²) >= 11 is 0. The fourth-order valence-electron chi connectivity index (χ4n) is 1.96. The van der Waals surface area contributed by atoms with Gasteiger partial charge in [-0.25, -0.2) is 0 Å². The van der Waals surface area contributed by atoms with Crippen LogP contribution < -0.4 is 0 Å². The third-order valence-corrected chi connectivity index (χ3v) is 2.85. The molecule has 0 aliphatic rings. The van der Waals surface area contributed by atoms with Crippen LogP contribution in [0.4, 0.5) is 13.2 Å². The van der Waals surface area contributed by atoms with E-state index in [-0.39, 0.29) is 6.54 Å². The Bertz CT molecular complexity index is 658. The Morgan fingerprint density at radius 3 is 2.48 bits per heavy atom. The molecule has 0 saturated carbocycles. The van der Waals surface area contributed by atoms with Crippen LogP contribution in [-0.2, 0) is 26.8 Å². The van der Waals surface area contributed by atoms with Crippen LogP contribution in [0.1, 0.15) is 21.6 Å². The zero-order valence-corrected chi connectivity index (χ0v) is 11.7. The molecular weight excluding hydrogens is 287 g/mol. The van der Waals surface area contributed by atoms with Crippen LogP contribution in [0, 0.1) is 0 Å². The molecular formula is C12H14F3N5O. The summed E-state index contributed by atoms with van der Waals surface area (Å²) in [5, 5.41) is 7.27. The Morgan fingerprint density at radius 2 is 1.95 bits per heavy atom. The van der Waals surface area contributed by atoms with Crippen LogP contribution in [0.25, 0.3) is 0 Å². The van der Waals surface area contributed by atoms with Crippen molar-refractivity contribution in [2.75, 3.05) is 7.05 Å². The molecule has 0 N–H and O–H groups in total. The molecule has 0 aromatic carbocycles. The van der Waals surface area contributed by atoms with Gasteiger partial charge in [-0.15, -0.1) is 0 Å². The van der Waals surface area contributed by atoms with Crippen LogP contribution in [0.15, 0.2) is 18.6 Å².